The lowest BCUT2D eigenvalue weighted by atomic mass is 10.2. The summed E-state index contributed by atoms with van der Waals surface area (Å²) in [5.41, 5.74) is 3.98. The lowest BCUT2D eigenvalue weighted by Crippen LogP contribution is -2.27. The number of hydrogen-bond acceptors (Lipinski definition) is 4. The lowest BCUT2D eigenvalue weighted by molar-refractivity contribution is -0.123. The molecule has 2 amide bonds. The van der Waals surface area contributed by atoms with Crippen LogP contribution in [0.15, 0.2) is 58.1 Å². The minimum absolute atomic E-state index is 0.232. The van der Waals surface area contributed by atoms with Gasteiger partial charge in [0.1, 0.15) is 5.76 Å². The summed E-state index contributed by atoms with van der Waals surface area (Å²) in [5, 5.41) is -0.232. The summed E-state index contributed by atoms with van der Waals surface area (Å²) < 4.78 is 8.71. The van der Waals surface area contributed by atoms with E-state index in [1.807, 2.05) is 62.4 Å². The first-order chi connectivity index (χ1) is 13.9. The third kappa shape index (κ3) is 4.20. The number of benzene rings is 1. The Hall–Kier alpha value is -2.26. The maximum absolute atomic E-state index is 12.8. The van der Waals surface area contributed by atoms with Crippen molar-refractivity contribution in [1.29, 1.82) is 0 Å². The van der Waals surface area contributed by atoms with Crippen LogP contribution in [-0.2, 0) is 17.9 Å². The molecule has 1 aliphatic rings. The van der Waals surface area contributed by atoms with Crippen LogP contribution in [0.2, 0.25) is 0 Å². The van der Waals surface area contributed by atoms with Gasteiger partial charge in [0.05, 0.1) is 24.3 Å². The molecule has 0 unspecified atom stereocenters. The van der Waals surface area contributed by atoms with Crippen LogP contribution in [0.4, 0.5) is 4.79 Å². The van der Waals surface area contributed by atoms with Crippen LogP contribution in [-0.4, -0.2) is 20.6 Å². The Morgan fingerprint density at radius 3 is 2.55 bits per heavy atom. The number of aromatic nitrogens is 1. The van der Waals surface area contributed by atoms with Crippen molar-refractivity contribution in [2.75, 3.05) is 0 Å². The van der Waals surface area contributed by atoms with Crippen LogP contribution >= 0.6 is 34.4 Å². The zero-order valence-corrected chi connectivity index (χ0v) is 19.0. The first-order valence-corrected chi connectivity index (χ1v) is 11.0. The highest BCUT2D eigenvalue weighted by Crippen LogP contribution is 2.34. The fourth-order valence-electron chi connectivity index (χ4n) is 3.33. The molecule has 1 aromatic carbocycles. The van der Waals surface area contributed by atoms with Gasteiger partial charge in [-0.2, -0.15) is 0 Å². The van der Waals surface area contributed by atoms with Crippen LogP contribution in [0.5, 0.6) is 0 Å². The fourth-order valence-corrected chi connectivity index (χ4v) is 4.51. The summed E-state index contributed by atoms with van der Waals surface area (Å²) in [7, 11) is 0. The summed E-state index contributed by atoms with van der Waals surface area (Å²) in [5.74, 6) is 0.630. The number of furan rings is 1. The number of imide groups is 1. The Bertz CT molecular complexity index is 1100. The van der Waals surface area contributed by atoms with Gasteiger partial charge in [-0.25, -0.2) is 0 Å². The first-order valence-electron chi connectivity index (χ1n) is 9.11. The predicted octanol–water partition coefficient (Wildman–Crippen LogP) is 5.59. The van der Waals surface area contributed by atoms with Crippen molar-refractivity contribution in [3.05, 3.63) is 85.5 Å². The van der Waals surface area contributed by atoms with Crippen molar-refractivity contribution in [1.82, 2.24) is 9.47 Å². The predicted molar refractivity (Wildman–Crippen MR) is 122 cm³/mol. The number of carbonyl (C=O) groups is 2. The van der Waals surface area contributed by atoms with Gasteiger partial charge in [0, 0.05) is 15.0 Å². The summed E-state index contributed by atoms with van der Waals surface area (Å²) >= 11 is 3.23. The van der Waals surface area contributed by atoms with Crippen LogP contribution in [0, 0.1) is 17.4 Å². The zero-order valence-electron chi connectivity index (χ0n) is 16.0. The van der Waals surface area contributed by atoms with Gasteiger partial charge in [0.25, 0.3) is 11.1 Å². The van der Waals surface area contributed by atoms with Gasteiger partial charge in [-0.15, -0.1) is 0 Å². The number of nitrogens with zero attached hydrogens (tertiary/aromatic N) is 2. The zero-order chi connectivity index (χ0) is 20.5. The Morgan fingerprint density at radius 1 is 1.10 bits per heavy atom. The first kappa shape index (κ1) is 20.0. The van der Waals surface area contributed by atoms with Crippen molar-refractivity contribution in [3.63, 3.8) is 0 Å². The van der Waals surface area contributed by atoms with Gasteiger partial charge in [-0.05, 0) is 95.7 Å². The standard InChI is InChI=1S/C22H19IN2O3S/c1-14-10-17(15(2)24(14)13-19-4-3-9-28-19)11-20-21(26)25(22(27)29-20)12-16-5-7-18(23)8-6-16/h3-11H,12-13H2,1-2H3/b20-11-. The number of thioether (sulfide) groups is 1. The molecule has 0 radical (unpaired) electrons. The van der Waals surface area contributed by atoms with Crippen LogP contribution in [0.1, 0.15) is 28.3 Å². The molecule has 1 saturated heterocycles. The summed E-state index contributed by atoms with van der Waals surface area (Å²) in [4.78, 5) is 27.0. The second-order valence-electron chi connectivity index (χ2n) is 6.89. The number of halogens is 1. The van der Waals surface area contributed by atoms with Gasteiger partial charge in [0.15, 0.2) is 0 Å². The van der Waals surface area contributed by atoms with E-state index in [2.05, 4.69) is 27.2 Å². The highest BCUT2D eigenvalue weighted by atomic mass is 127. The molecule has 0 atom stereocenters. The second kappa shape index (κ2) is 8.23. The maximum Gasteiger partial charge on any atom is 0.293 e. The molecule has 5 nitrogen and oxygen atoms in total. The number of amides is 2. The van der Waals surface area contributed by atoms with Gasteiger partial charge < -0.3 is 8.98 Å². The van der Waals surface area contributed by atoms with Gasteiger partial charge in [0.2, 0.25) is 0 Å². The van der Waals surface area contributed by atoms with Crippen molar-refractivity contribution in [2.45, 2.75) is 26.9 Å². The molecular formula is C22H19IN2O3S. The monoisotopic (exact) mass is 518 g/mol. The fraction of sp³-hybridized carbons (Fsp3) is 0.182. The van der Waals surface area contributed by atoms with Gasteiger partial charge in [-0.3, -0.25) is 14.5 Å². The second-order valence-corrected chi connectivity index (χ2v) is 9.13. The van der Waals surface area contributed by atoms with Crippen LogP contribution < -0.4 is 0 Å². The number of rotatable bonds is 5. The average molecular weight is 518 g/mol. The highest BCUT2D eigenvalue weighted by molar-refractivity contribution is 14.1. The van der Waals surface area contributed by atoms with Crippen molar-refractivity contribution < 1.29 is 14.0 Å². The Balaban J connectivity index is 1.56. The largest absolute Gasteiger partial charge is 0.467 e. The van der Waals surface area contributed by atoms with E-state index in [-0.39, 0.29) is 17.7 Å². The molecule has 148 valence electrons. The van der Waals surface area contributed by atoms with E-state index in [9.17, 15) is 9.59 Å². The smallest absolute Gasteiger partial charge is 0.293 e. The van der Waals surface area contributed by atoms with Gasteiger partial charge >= 0.3 is 0 Å². The van der Waals surface area contributed by atoms with E-state index < -0.39 is 0 Å². The van der Waals surface area contributed by atoms with E-state index in [1.165, 1.54) is 4.90 Å². The maximum atomic E-state index is 12.8. The molecule has 3 heterocycles. The summed E-state index contributed by atoms with van der Waals surface area (Å²) in [6, 6.07) is 13.7. The number of hydrogen-bond donors (Lipinski definition) is 0. The molecule has 1 fully saturated rings. The van der Waals surface area contributed by atoms with E-state index in [0.717, 1.165) is 43.6 Å². The molecule has 2 aromatic heterocycles. The van der Waals surface area contributed by atoms with Crippen molar-refractivity contribution in [2.24, 2.45) is 0 Å². The quantitative estimate of drug-likeness (QED) is 0.327. The van der Waals surface area contributed by atoms with E-state index in [0.29, 0.717) is 11.4 Å². The topological polar surface area (TPSA) is 55.5 Å². The van der Waals surface area contributed by atoms with Gasteiger partial charge in [-0.1, -0.05) is 12.1 Å². The highest BCUT2D eigenvalue weighted by Gasteiger charge is 2.35. The molecule has 0 aliphatic carbocycles. The number of carbonyl (C=O) groups excluding carboxylic acids is 2. The molecule has 0 spiro atoms. The molecule has 0 saturated carbocycles. The minimum Gasteiger partial charge on any atom is -0.467 e. The molecule has 0 N–H and O–H groups in total. The molecule has 7 heteroatoms. The third-order valence-corrected chi connectivity index (χ3v) is 6.55. The van der Waals surface area contributed by atoms with E-state index in [1.54, 1.807) is 6.26 Å². The van der Waals surface area contributed by atoms with Crippen molar-refractivity contribution in [3.8, 4) is 0 Å². The molecule has 3 aromatic rings. The molecule has 29 heavy (non-hydrogen) atoms. The lowest BCUT2D eigenvalue weighted by Gasteiger charge is -2.12. The molecular weight excluding hydrogens is 499 g/mol. The summed E-state index contributed by atoms with van der Waals surface area (Å²) in [6.45, 7) is 4.95. The Labute approximate surface area is 186 Å². The number of aryl methyl sites for hydroxylation is 1. The SMILES string of the molecule is Cc1cc(/C=C2\SC(=O)N(Cc3ccc(I)cc3)C2=O)c(C)n1Cc1ccco1. The average Bonchev–Trinajstić information content (AvgIpc) is 3.36. The molecule has 4 rings (SSSR count). The van der Waals surface area contributed by atoms with E-state index >= 15 is 0 Å². The third-order valence-electron chi connectivity index (χ3n) is 4.92. The van der Waals surface area contributed by atoms with Crippen LogP contribution in [0.25, 0.3) is 6.08 Å². The Kier molecular flexibility index (Phi) is 5.69. The normalized spacial score (nSPS) is 15.7. The Morgan fingerprint density at radius 2 is 1.86 bits per heavy atom. The molecule has 0 bridgehead atoms. The summed E-state index contributed by atoms with van der Waals surface area (Å²) in [6.07, 6.45) is 3.48. The van der Waals surface area contributed by atoms with E-state index in [4.69, 9.17) is 4.42 Å². The van der Waals surface area contributed by atoms with Crippen LogP contribution in [0.3, 0.4) is 0 Å². The van der Waals surface area contributed by atoms with Crippen molar-refractivity contribution >= 4 is 51.6 Å². The molecule has 1 aliphatic heterocycles. The minimum atomic E-state index is -0.241.